The minimum atomic E-state index is -4.58. The van der Waals surface area contributed by atoms with Crippen LogP contribution in [-0.4, -0.2) is 47.8 Å². The minimum absolute atomic E-state index is 0.0152. The van der Waals surface area contributed by atoms with E-state index in [0.717, 1.165) is 24.5 Å². The fraction of sp³-hybridized carbons (Fsp3) is 0.417. The van der Waals surface area contributed by atoms with Crippen molar-refractivity contribution in [2.75, 3.05) is 26.2 Å². The van der Waals surface area contributed by atoms with Gasteiger partial charge in [-0.2, -0.15) is 13.2 Å². The molecule has 1 aliphatic carbocycles. The summed E-state index contributed by atoms with van der Waals surface area (Å²) in [4.78, 5) is 28.5. The van der Waals surface area contributed by atoms with E-state index in [1.54, 1.807) is 4.90 Å². The van der Waals surface area contributed by atoms with Gasteiger partial charge in [0.2, 0.25) is 5.91 Å². The van der Waals surface area contributed by atoms with Gasteiger partial charge in [-0.15, -0.1) is 0 Å². The first-order valence-electron chi connectivity index (χ1n) is 10.7. The first-order chi connectivity index (χ1) is 14.8. The molecule has 0 unspecified atom stereocenters. The molecule has 0 saturated carbocycles. The van der Waals surface area contributed by atoms with Crippen LogP contribution in [-0.2, 0) is 30.2 Å². The molecule has 4 rings (SSSR count). The van der Waals surface area contributed by atoms with Crippen molar-refractivity contribution in [3.63, 3.8) is 0 Å². The maximum absolute atomic E-state index is 13.2. The Balaban J connectivity index is 1.37. The lowest BCUT2D eigenvalue weighted by molar-refractivity contribution is -0.138. The fourth-order valence-electron chi connectivity index (χ4n) is 4.43. The number of alkyl halides is 3. The number of nitrogens with zero attached hydrogens (tertiary/aromatic N) is 2. The SMILES string of the molecule is O=C(Cc1ccc2c(c1)CCCC2)N1CCN(C(=O)c2ccccc2C(F)(F)F)CC1. The summed E-state index contributed by atoms with van der Waals surface area (Å²) >= 11 is 0. The number of carbonyl (C=O) groups excluding carboxylic acids is 2. The normalized spacial score (nSPS) is 16.7. The number of hydrogen-bond donors (Lipinski definition) is 0. The van der Waals surface area contributed by atoms with Gasteiger partial charge in [0.1, 0.15) is 0 Å². The largest absolute Gasteiger partial charge is 0.417 e. The Morgan fingerprint density at radius 3 is 2.19 bits per heavy atom. The van der Waals surface area contributed by atoms with Gasteiger partial charge in [-0.25, -0.2) is 0 Å². The Morgan fingerprint density at radius 2 is 1.48 bits per heavy atom. The molecule has 0 N–H and O–H groups in total. The quantitative estimate of drug-likeness (QED) is 0.735. The smallest absolute Gasteiger partial charge is 0.339 e. The zero-order valence-corrected chi connectivity index (χ0v) is 17.3. The third kappa shape index (κ3) is 4.75. The summed E-state index contributed by atoms with van der Waals surface area (Å²) in [6, 6.07) is 11.1. The summed E-state index contributed by atoms with van der Waals surface area (Å²) in [7, 11) is 0. The van der Waals surface area contributed by atoms with Crippen LogP contribution in [0.5, 0.6) is 0 Å². The van der Waals surface area contributed by atoms with E-state index in [1.165, 1.54) is 47.1 Å². The van der Waals surface area contributed by atoms with Crippen LogP contribution in [0.2, 0.25) is 0 Å². The van der Waals surface area contributed by atoms with Crippen LogP contribution < -0.4 is 0 Å². The van der Waals surface area contributed by atoms with E-state index >= 15 is 0 Å². The lowest BCUT2D eigenvalue weighted by Gasteiger charge is -2.35. The van der Waals surface area contributed by atoms with Crippen LogP contribution in [0.25, 0.3) is 0 Å². The lowest BCUT2D eigenvalue weighted by Crippen LogP contribution is -2.51. The van der Waals surface area contributed by atoms with Crippen molar-refractivity contribution < 1.29 is 22.8 Å². The molecule has 0 atom stereocenters. The monoisotopic (exact) mass is 430 g/mol. The van der Waals surface area contributed by atoms with Gasteiger partial charge in [-0.05, 0) is 54.5 Å². The lowest BCUT2D eigenvalue weighted by atomic mass is 9.90. The van der Waals surface area contributed by atoms with E-state index in [-0.39, 0.29) is 24.6 Å². The molecule has 2 aromatic rings. The van der Waals surface area contributed by atoms with Gasteiger partial charge >= 0.3 is 6.18 Å². The van der Waals surface area contributed by atoms with E-state index in [0.29, 0.717) is 19.5 Å². The van der Waals surface area contributed by atoms with Crippen LogP contribution >= 0.6 is 0 Å². The zero-order valence-electron chi connectivity index (χ0n) is 17.3. The molecule has 2 amide bonds. The Morgan fingerprint density at radius 1 is 0.839 bits per heavy atom. The summed E-state index contributed by atoms with van der Waals surface area (Å²) in [5.41, 5.74) is 2.42. The van der Waals surface area contributed by atoms with Crippen molar-refractivity contribution >= 4 is 11.8 Å². The van der Waals surface area contributed by atoms with Crippen molar-refractivity contribution in [1.82, 2.24) is 9.80 Å². The van der Waals surface area contributed by atoms with Crippen molar-refractivity contribution in [2.45, 2.75) is 38.3 Å². The summed E-state index contributed by atoms with van der Waals surface area (Å²) in [6.07, 6.45) is 0.255. The highest BCUT2D eigenvalue weighted by atomic mass is 19.4. The Hall–Kier alpha value is -2.83. The number of fused-ring (bicyclic) bond motifs is 1. The minimum Gasteiger partial charge on any atom is -0.339 e. The second-order valence-corrected chi connectivity index (χ2v) is 8.20. The standard InChI is InChI=1S/C24H25F3N2O2/c25-24(26,27)21-8-4-3-7-20(21)23(31)29-13-11-28(12-14-29)22(30)16-17-9-10-18-5-1-2-6-19(18)15-17/h3-4,7-10,15H,1-2,5-6,11-14,16H2. The molecule has 164 valence electrons. The maximum Gasteiger partial charge on any atom is 0.417 e. The van der Waals surface area contributed by atoms with E-state index < -0.39 is 17.6 Å². The number of halogens is 3. The third-order valence-electron chi connectivity index (χ3n) is 6.15. The second-order valence-electron chi connectivity index (χ2n) is 8.20. The first kappa shape index (κ1) is 21.4. The summed E-state index contributed by atoms with van der Waals surface area (Å²) in [5, 5.41) is 0. The fourth-order valence-corrected chi connectivity index (χ4v) is 4.43. The predicted octanol–water partition coefficient (Wildman–Crippen LogP) is 4.11. The topological polar surface area (TPSA) is 40.6 Å². The predicted molar refractivity (Wildman–Crippen MR) is 111 cm³/mol. The van der Waals surface area contributed by atoms with Crippen molar-refractivity contribution in [3.05, 3.63) is 70.3 Å². The molecule has 0 spiro atoms. The highest BCUT2D eigenvalue weighted by Gasteiger charge is 2.36. The van der Waals surface area contributed by atoms with E-state index in [9.17, 15) is 22.8 Å². The average molecular weight is 430 g/mol. The van der Waals surface area contributed by atoms with Crippen molar-refractivity contribution in [1.29, 1.82) is 0 Å². The van der Waals surface area contributed by atoms with Crippen LogP contribution in [0.15, 0.2) is 42.5 Å². The second kappa shape index (κ2) is 8.73. The van der Waals surface area contributed by atoms with Crippen molar-refractivity contribution in [3.8, 4) is 0 Å². The van der Waals surface area contributed by atoms with Gasteiger partial charge in [0.05, 0.1) is 17.5 Å². The summed E-state index contributed by atoms with van der Waals surface area (Å²) < 4.78 is 39.7. The Bertz CT molecular complexity index is 979. The van der Waals surface area contributed by atoms with Crippen LogP contribution in [0.1, 0.15) is 45.5 Å². The molecule has 1 aliphatic heterocycles. The number of carbonyl (C=O) groups is 2. The number of aryl methyl sites for hydroxylation is 2. The molecule has 1 saturated heterocycles. The van der Waals surface area contributed by atoms with E-state index in [2.05, 4.69) is 12.1 Å². The van der Waals surface area contributed by atoms with Crippen LogP contribution in [0, 0.1) is 0 Å². The van der Waals surface area contributed by atoms with Gasteiger partial charge in [-0.3, -0.25) is 9.59 Å². The number of amides is 2. The molecule has 0 aromatic heterocycles. The van der Waals surface area contributed by atoms with Gasteiger partial charge in [0.25, 0.3) is 5.91 Å². The molecule has 4 nitrogen and oxygen atoms in total. The zero-order chi connectivity index (χ0) is 22.0. The van der Waals surface area contributed by atoms with Crippen LogP contribution in [0.3, 0.4) is 0 Å². The van der Waals surface area contributed by atoms with Gasteiger partial charge in [-0.1, -0.05) is 30.3 Å². The molecule has 0 radical (unpaired) electrons. The maximum atomic E-state index is 13.2. The third-order valence-corrected chi connectivity index (χ3v) is 6.15. The van der Waals surface area contributed by atoms with E-state index in [1.807, 2.05) is 6.07 Å². The molecule has 31 heavy (non-hydrogen) atoms. The molecule has 1 heterocycles. The van der Waals surface area contributed by atoms with Crippen molar-refractivity contribution in [2.24, 2.45) is 0 Å². The molecule has 0 bridgehead atoms. The van der Waals surface area contributed by atoms with Gasteiger partial charge < -0.3 is 9.80 Å². The molecule has 2 aliphatic rings. The number of piperazine rings is 1. The van der Waals surface area contributed by atoms with Gasteiger partial charge in [0, 0.05) is 26.2 Å². The highest BCUT2D eigenvalue weighted by Crippen LogP contribution is 2.32. The molecular weight excluding hydrogens is 405 g/mol. The number of hydrogen-bond acceptors (Lipinski definition) is 2. The number of benzene rings is 2. The number of rotatable bonds is 3. The van der Waals surface area contributed by atoms with E-state index in [4.69, 9.17) is 0 Å². The Labute approximate surface area is 179 Å². The Kier molecular flexibility index (Phi) is 6.03. The summed E-state index contributed by atoms with van der Waals surface area (Å²) in [5.74, 6) is -0.659. The average Bonchev–Trinajstić information content (AvgIpc) is 2.78. The van der Waals surface area contributed by atoms with Crippen LogP contribution in [0.4, 0.5) is 13.2 Å². The van der Waals surface area contributed by atoms with Gasteiger partial charge in [0.15, 0.2) is 0 Å². The summed E-state index contributed by atoms with van der Waals surface area (Å²) in [6.45, 7) is 1.09. The first-order valence-corrected chi connectivity index (χ1v) is 10.7. The molecule has 2 aromatic carbocycles. The molecule has 1 fully saturated rings. The molecular formula is C24H25F3N2O2. The highest BCUT2D eigenvalue weighted by molar-refractivity contribution is 5.96. The molecule has 7 heteroatoms.